The quantitative estimate of drug-likeness (QED) is 0.834. The van der Waals surface area contributed by atoms with Crippen LogP contribution in [-0.4, -0.2) is 35.1 Å². The van der Waals surface area contributed by atoms with Crippen molar-refractivity contribution in [3.8, 4) is 0 Å². The molecule has 7 nitrogen and oxygen atoms in total. The van der Waals surface area contributed by atoms with Gasteiger partial charge in [0.05, 0.1) is 29.8 Å². The minimum atomic E-state index is -4.48. The normalized spacial score (nSPS) is 15.4. The van der Waals surface area contributed by atoms with E-state index in [1.165, 1.54) is 4.31 Å². The SMILES string of the molecule is NC(=O)c1n[c]c2c(n1)CN(S(=O)(=O)Cc1ccc(C(F)(F)F)cc1)CC2. The molecule has 0 unspecified atom stereocenters. The summed E-state index contributed by atoms with van der Waals surface area (Å²) in [5.41, 5.74) is 5.44. The maximum atomic E-state index is 12.6. The van der Waals surface area contributed by atoms with E-state index in [9.17, 15) is 26.4 Å². The van der Waals surface area contributed by atoms with E-state index in [-0.39, 0.29) is 24.5 Å². The van der Waals surface area contributed by atoms with Crippen molar-refractivity contribution in [2.24, 2.45) is 5.73 Å². The van der Waals surface area contributed by atoms with E-state index in [1.807, 2.05) is 0 Å². The molecule has 1 aromatic heterocycles. The van der Waals surface area contributed by atoms with E-state index in [0.29, 0.717) is 17.7 Å². The summed E-state index contributed by atoms with van der Waals surface area (Å²) in [4.78, 5) is 18.8. The van der Waals surface area contributed by atoms with E-state index < -0.39 is 33.4 Å². The first-order valence-corrected chi connectivity index (χ1v) is 9.38. The third kappa shape index (κ3) is 4.25. The first-order valence-electron chi connectivity index (χ1n) is 7.77. The predicted molar refractivity (Wildman–Crippen MR) is 87.6 cm³/mol. The molecule has 11 heteroatoms. The molecule has 1 aromatic carbocycles. The van der Waals surface area contributed by atoms with E-state index in [2.05, 4.69) is 16.2 Å². The lowest BCUT2D eigenvalue weighted by atomic mass is 10.1. The van der Waals surface area contributed by atoms with Gasteiger partial charge in [0.2, 0.25) is 15.8 Å². The molecule has 1 radical (unpaired) electrons. The van der Waals surface area contributed by atoms with Crippen molar-refractivity contribution in [2.45, 2.75) is 24.9 Å². The van der Waals surface area contributed by atoms with Crippen LogP contribution in [0.1, 0.15) is 33.0 Å². The van der Waals surface area contributed by atoms with Crippen LogP contribution in [0.5, 0.6) is 0 Å². The van der Waals surface area contributed by atoms with Crippen LogP contribution in [0.25, 0.3) is 0 Å². The lowest BCUT2D eigenvalue weighted by Crippen LogP contribution is -2.37. The average molecular weight is 399 g/mol. The number of amides is 1. The number of carbonyl (C=O) groups is 1. The molecule has 1 amide bonds. The van der Waals surface area contributed by atoms with Crippen LogP contribution < -0.4 is 5.73 Å². The number of benzene rings is 1. The molecule has 2 N–H and O–H groups in total. The zero-order valence-electron chi connectivity index (χ0n) is 13.8. The summed E-state index contributed by atoms with van der Waals surface area (Å²) in [5.74, 6) is -1.55. The summed E-state index contributed by atoms with van der Waals surface area (Å²) in [6.45, 7) is 0.0728. The molecule has 0 atom stereocenters. The first kappa shape index (κ1) is 19.2. The number of carbonyl (C=O) groups excluding carboxylic acids is 1. The number of primary amides is 1. The molecule has 27 heavy (non-hydrogen) atoms. The Bertz CT molecular complexity index is 975. The Morgan fingerprint density at radius 2 is 1.93 bits per heavy atom. The summed E-state index contributed by atoms with van der Waals surface area (Å²) in [5, 5.41) is 0. The Morgan fingerprint density at radius 3 is 2.52 bits per heavy atom. The van der Waals surface area contributed by atoms with E-state index >= 15 is 0 Å². The van der Waals surface area contributed by atoms with Crippen LogP contribution in [0.2, 0.25) is 0 Å². The van der Waals surface area contributed by atoms with Crippen LogP contribution in [-0.2, 0) is 34.9 Å². The van der Waals surface area contributed by atoms with Crippen LogP contribution in [0.4, 0.5) is 13.2 Å². The fourth-order valence-corrected chi connectivity index (χ4v) is 4.14. The van der Waals surface area contributed by atoms with Gasteiger partial charge in [0.25, 0.3) is 5.91 Å². The van der Waals surface area contributed by atoms with Gasteiger partial charge in [0.15, 0.2) is 0 Å². The van der Waals surface area contributed by atoms with E-state index in [4.69, 9.17) is 5.73 Å². The summed E-state index contributed by atoms with van der Waals surface area (Å²) < 4.78 is 64.2. The Labute approximate surface area is 153 Å². The van der Waals surface area contributed by atoms with Gasteiger partial charge in [-0.1, -0.05) is 12.1 Å². The summed E-state index contributed by atoms with van der Waals surface area (Å²) in [6.07, 6.45) is -1.54. The molecule has 0 spiro atoms. The molecule has 0 aliphatic carbocycles. The third-order valence-electron chi connectivity index (χ3n) is 4.07. The third-order valence-corrected chi connectivity index (χ3v) is 5.86. The van der Waals surface area contributed by atoms with Crippen LogP contribution in [0, 0.1) is 6.20 Å². The first-order chi connectivity index (χ1) is 12.6. The second-order valence-corrected chi connectivity index (χ2v) is 7.95. The summed E-state index contributed by atoms with van der Waals surface area (Å²) in [7, 11) is -3.80. The molecule has 2 heterocycles. The minimum absolute atomic E-state index is 0.0857. The predicted octanol–water partition coefficient (Wildman–Crippen LogP) is 1.28. The number of nitrogens with zero attached hydrogens (tertiary/aromatic N) is 3. The Kier molecular flexibility index (Phi) is 4.91. The monoisotopic (exact) mass is 399 g/mol. The Morgan fingerprint density at radius 1 is 1.26 bits per heavy atom. The van der Waals surface area contributed by atoms with Crippen molar-refractivity contribution in [3.05, 3.63) is 58.7 Å². The lowest BCUT2D eigenvalue weighted by Gasteiger charge is -2.27. The van der Waals surface area contributed by atoms with Gasteiger partial charge in [0, 0.05) is 12.1 Å². The van der Waals surface area contributed by atoms with E-state index in [1.54, 1.807) is 0 Å². The van der Waals surface area contributed by atoms with Gasteiger partial charge in [-0.25, -0.2) is 18.4 Å². The number of nitrogens with two attached hydrogens (primary N) is 1. The summed E-state index contributed by atoms with van der Waals surface area (Å²) in [6, 6.07) is 3.97. The molecule has 0 saturated heterocycles. The second-order valence-electron chi connectivity index (χ2n) is 5.98. The molecule has 0 bridgehead atoms. The maximum Gasteiger partial charge on any atom is 0.416 e. The number of hydrogen-bond acceptors (Lipinski definition) is 5. The minimum Gasteiger partial charge on any atom is -0.363 e. The largest absolute Gasteiger partial charge is 0.416 e. The molecule has 2 aromatic rings. The number of halogens is 3. The van der Waals surface area contributed by atoms with Gasteiger partial charge >= 0.3 is 6.18 Å². The molecule has 0 saturated carbocycles. The van der Waals surface area contributed by atoms with Crippen molar-refractivity contribution >= 4 is 15.9 Å². The highest BCUT2D eigenvalue weighted by molar-refractivity contribution is 7.88. The number of hydrogen-bond donors (Lipinski definition) is 1. The zero-order valence-corrected chi connectivity index (χ0v) is 14.6. The van der Waals surface area contributed by atoms with Gasteiger partial charge in [-0.05, 0) is 24.1 Å². The van der Waals surface area contributed by atoms with Crippen molar-refractivity contribution in [1.29, 1.82) is 0 Å². The maximum absolute atomic E-state index is 12.6. The number of rotatable bonds is 4. The Hall–Kier alpha value is -2.53. The number of aromatic nitrogens is 2. The average Bonchev–Trinajstić information content (AvgIpc) is 2.60. The molecule has 1 aliphatic heterocycles. The molecular formula is C16H14F3N4O3S. The molecule has 3 rings (SSSR count). The van der Waals surface area contributed by atoms with Gasteiger partial charge in [0.1, 0.15) is 0 Å². The highest BCUT2D eigenvalue weighted by Crippen LogP contribution is 2.29. The van der Waals surface area contributed by atoms with Gasteiger partial charge < -0.3 is 5.73 Å². The van der Waals surface area contributed by atoms with Gasteiger partial charge in [-0.15, -0.1) is 0 Å². The molecule has 1 aliphatic rings. The van der Waals surface area contributed by atoms with Crippen molar-refractivity contribution in [2.75, 3.05) is 6.54 Å². The number of alkyl halides is 3. The van der Waals surface area contributed by atoms with Crippen LogP contribution in [0.3, 0.4) is 0 Å². The molecule has 0 fully saturated rings. The van der Waals surface area contributed by atoms with E-state index in [0.717, 1.165) is 24.3 Å². The second kappa shape index (κ2) is 6.89. The fraction of sp³-hybridized carbons (Fsp3) is 0.312. The Balaban J connectivity index is 1.78. The number of fused-ring (bicyclic) bond motifs is 1. The highest BCUT2D eigenvalue weighted by atomic mass is 32.2. The highest BCUT2D eigenvalue weighted by Gasteiger charge is 2.31. The van der Waals surface area contributed by atoms with Crippen molar-refractivity contribution < 1.29 is 26.4 Å². The summed E-state index contributed by atoms with van der Waals surface area (Å²) >= 11 is 0. The zero-order chi connectivity index (χ0) is 19.8. The molecule has 143 valence electrons. The van der Waals surface area contributed by atoms with Crippen molar-refractivity contribution in [3.63, 3.8) is 0 Å². The van der Waals surface area contributed by atoms with Crippen LogP contribution in [0.15, 0.2) is 24.3 Å². The van der Waals surface area contributed by atoms with Crippen LogP contribution >= 0.6 is 0 Å². The smallest absolute Gasteiger partial charge is 0.363 e. The lowest BCUT2D eigenvalue weighted by molar-refractivity contribution is -0.137. The van der Waals surface area contributed by atoms with Gasteiger partial charge in [-0.3, -0.25) is 4.79 Å². The number of sulfonamides is 1. The molecular weight excluding hydrogens is 385 g/mol. The topological polar surface area (TPSA) is 106 Å². The fourth-order valence-electron chi connectivity index (χ4n) is 2.66. The standard InChI is InChI=1S/C16H14F3N4O3S/c17-16(18,19)12-3-1-10(2-4-12)9-27(25,26)23-6-5-11-7-21-15(14(20)24)22-13(11)8-23/h1-4H,5-6,8-9H2,(H2,20,24). The van der Waals surface area contributed by atoms with Gasteiger partial charge in [-0.2, -0.15) is 17.5 Å². The van der Waals surface area contributed by atoms with Crippen molar-refractivity contribution in [1.82, 2.24) is 14.3 Å².